The molecule has 0 bridgehead atoms. The second-order valence-electron chi connectivity index (χ2n) is 5.38. The molecule has 2 heterocycles. The number of benzene rings is 2. The topological polar surface area (TPSA) is 53.5 Å². The van der Waals surface area contributed by atoms with Crippen molar-refractivity contribution in [1.29, 1.82) is 0 Å². The SMILES string of the molecule is COc1cc2nccc(Oc3cc4sc([As])nc4cc3F)c2cc1OC. The normalized spacial score (nSPS) is 11.1. The van der Waals surface area contributed by atoms with E-state index in [9.17, 15) is 4.39 Å². The van der Waals surface area contributed by atoms with E-state index in [4.69, 9.17) is 14.2 Å². The Morgan fingerprint density at radius 2 is 1.73 bits per heavy atom. The van der Waals surface area contributed by atoms with E-state index in [1.165, 1.54) is 17.4 Å². The van der Waals surface area contributed by atoms with Gasteiger partial charge in [0.1, 0.15) is 0 Å². The summed E-state index contributed by atoms with van der Waals surface area (Å²) in [7, 11) is 3.11. The average Bonchev–Trinajstić information content (AvgIpc) is 2.99. The van der Waals surface area contributed by atoms with Gasteiger partial charge in [0, 0.05) is 0 Å². The Balaban J connectivity index is 1.83. The molecule has 4 rings (SSSR count). The average molecular weight is 430 g/mol. The fourth-order valence-corrected chi connectivity index (χ4v) is 4.21. The van der Waals surface area contributed by atoms with Gasteiger partial charge >= 0.3 is 154 Å². The van der Waals surface area contributed by atoms with Gasteiger partial charge in [0.2, 0.25) is 0 Å². The number of hydrogen-bond donors (Lipinski definition) is 0. The number of pyridine rings is 1. The van der Waals surface area contributed by atoms with E-state index in [0.29, 0.717) is 33.7 Å². The molecule has 26 heavy (non-hydrogen) atoms. The zero-order chi connectivity index (χ0) is 18.3. The molecule has 0 spiro atoms. The third-order valence-corrected chi connectivity index (χ3v) is 5.46. The first-order chi connectivity index (χ1) is 12.6. The molecule has 0 N–H and O–H groups in total. The zero-order valence-corrected chi connectivity index (χ0v) is 16.5. The molecule has 130 valence electrons. The standard InChI is InChI=1S/C18H12AsFN2O3S/c1-23-15-5-9-11(7-16(15)24-2)21-4-3-13(9)25-14-8-17-12(6-10(14)20)22-18(19)26-17/h3-8H,1-2H3. The predicted molar refractivity (Wildman–Crippen MR) is 99.9 cm³/mol. The molecule has 4 aromatic rings. The van der Waals surface area contributed by atoms with E-state index in [0.717, 1.165) is 8.50 Å². The van der Waals surface area contributed by atoms with E-state index in [2.05, 4.69) is 26.8 Å². The molecular formula is C18H12AsFN2O3S. The van der Waals surface area contributed by atoms with Gasteiger partial charge in [-0.15, -0.1) is 0 Å². The monoisotopic (exact) mass is 430 g/mol. The van der Waals surface area contributed by atoms with Crippen LogP contribution in [0.2, 0.25) is 0 Å². The summed E-state index contributed by atoms with van der Waals surface area (Å²) in [6.45, 7) is 0. The Kier molecular flexibility index (Phi) is 4.42. The van der Waals surface area contributed by atoms with Crippen LogP contribution in [-0.2, 0) is 0 Å². The number of rotatable bonds is 4. The van der Waals surface area contributed by atoms with Crippen molar-refractivity contribution in [3.05, 3.63) is 42.3 Å². The fourth-order valence-electron chi connectivity index (χ4n) is 2.65. The second kappa shape index (κ2) is 6.74. The molecule has 2 aromatic carbocycles. The third-order valence-electron chi connectivity index (χ3n) is 3.86. The number of thiazole rings is 1. The second-order valence-corrected chi connectivity index (χ2v) is 7.96. The number of halogens is 1. The number of methoxy groups -OCH3 is 2. The maximum atomic E-state index is 14.5. The van der Waals surface area contributed by atoms with Crippen LogP contribution in [0.15, 0.2) is 36.5 Å². The summed E-state index contributed by atoms with van der Waals surface area (Å²) in [5, 5.41) is 0.696. The van der Waals surface area contributed by atoms with Crippen molar-refractivity contribution in [2.24, 2.45) is 0 Å². The van der Waals surface area contributed by atoms with Gasteiger partial charge < -0.3 is 0 Å². The first kappa shape index (κ1) is 17.1. The predicted octanol–water partition coefficient (Wildman–Crippen LogP) is 3.59. The van der Waals surface area contributed by atoms with Crippen molar-refractivity contribution in [1.82, 2.24) is 9.97 Å². The van der Waals surface area contributed by atoms with Crippen LogP contribution in [0.25, 0.3) is 21.1 Å². The van der Waals surface area contributed by atoms with E-state index in [1.54, 1.807) is 44.7 Å². The molecule has 0 aliphatic heterocycles. The maximum absolute atomic E-state index is 14.5. The number of hydrogen-bond acceptors (Lipinski definition) is 6. The van der Waals surface area contributed by atoms with Crippen LogP contribution in [0.4, 0.5) is 4.39 Å². The fraction of sp³-hybridized carbons (Fsp3) is 0.111. The van der Waals surface area contributed by atoms with Crippen molar-refractivity contribution in [2.75, 3.05) is 14.2 Å². The van der Waals surface area contributed by atoms with Gasteiger partial charge in [-0.05, 0) is 0 Å². The van der Waals surface area contributed by atoms with Gasteiger partial charge in [-0.1, -0.05) is 0 Å². The molecule has 2 radical (unpaired) electrons. The quantitative estimate of drug-likeness (QED) is 0.464. The van der Waals surface area contributed by atoms with Gasteiger partial charge in [-0.25, -0.2) is 0 Å². The number of ether oxygens (including phenoxy) is 3. The first-order valence-corrected chi connectivity index (χ1v) is 9.32. The van der Waals surface area contributed by atoms with Gasteiger partial charge in [-0.2, -0.15) is 0 Å². The molecule has 0 amide bonds. The summed E-state index contributed by atoms with van der Waals surface area (Å²) < 4.78 is 32.6. The van der Waals surface area contributed by atoms with Gasteiger partial charge in [0.15, 0.2) is 0 Å². The Labute approximate surface area is 161 Å². The molecule has 0 unspecified atom stereocenters. The summed E-state index contributed by atoms with van der Waals surface area (Å²) in [5.41, 5.74) is 1.27. The zero-order valence-electron chi connectivity index (χ0n) is 13.8. The minimum absolute atomic E-state index is 0.135. The van der Waals surface area contributed by atoms with Crippen molar-refractivity contribution < 1.29 is 18.6 Å². The van der Waals surface area contributed by atoms with Crippen molar-refractivity contribution >= 4 is 53.1 Å². The van der Waals surface area contributed by atoms with Gasteiger partial charge in [-0.3, -0.25) is 0 Å². The van der Waals surface area contributed by atoms with Crippen molar-refractivity contribution in [2.45, 2.75) is 0 Å². The Hall–Kier alpha value is -2.37. The Bertz CT molecular complexity index is 1130. The van der Waals surface area contributed by atoms with Crippen molar-refractivity contribution in [3.8, 4) is 23.0 Å². The van der Waals surface area contributed by atoms with Gasteiger partial charge in [0.05, 0.1) is 7.11 Å². The van der Waals surface area contributed by atoms with Crippen LogP contribution in [-0.4, -0.2) is 41.0 Å². The summed E-state index contributed by atoms with van der Waals surface area (Å²) in [6.07, 6.45) is 1.61. The van der Waals surface area contributed by atoms with Crippen LogP contribution < -0.4 is 18.0 Å². The van der Waals surface area contributed by atoms with Crippen LogP contribution in [0.1, 0.15) is 0 Å². The molecule has 0 aliphatic carbocycles. The summed E-state index contributed by atoms with van der Waals surface area (Å²) in [5.74, 6) is 1.25. The Morgan fingerprint density at radius 1 is 0.962 bits per heavy atom. The summed E-state index contributed by atoms with van der Waals surface area (Å²) in [4.78, 5) is 8.59. The van der Waals surface area contributed by atoms with Crippen LogP contribution in [0.5, 0.6) is 23.0 Å². The molecule has 0 saturated carbocycles. The van der Waals surface area contributed by atoms with Crippen LogP contribution in [0, 0.1) is 5.82 Å². The molecule has 0 atom stereocenters. The Morgan fingerprint density at radius 3 is 2.50 bits per heavy atom. The van der Waals surface area contributed by atoms with Crippen LogP contribution >= 0.6 is 11.3 Å². The summed E-state index contributed by atoms with van der Waals surface area (Å²) in [6, 6.07) is 8.25. The van der Waals surface area contributed by atoms with E-state index in [-0.39, 0.29) is 5.75 Å². The van der Waals surface area contributed by atoms with E-state index in [1.807, 2.05) is 0 Å². The molecule has 5 nitrogen and oxygen atoms in total. The molecule has 0 fully saturated rings. The molecule has 8 heteroatoms. The summed E-state index contributed by atoms with van der Waals surface area (Å²) >= 11 is 3.83. The molecule has 2 aromatic heterocycles. The number of fused-ring (bicyclic) bond motifs is 2. The van der Waals surface area contributed by atoms with Gasteiger partial charge in [0.25, 0.3) is 0 Å². The first-order valence-electron chi connectivity index (χ1n) is 7.56. The molecular weight excluding hydrogens is 418 g/mol. The van der Waals surface area contributed by atoms with Crippen LogP contribution in [0.3, 0.4) is 0 Å². The van der Waals surface area contributed by atoms with E-state index >= 15 is 0 Å². The van der Waals surface area contributed by atoms with E-state index < -0.39 is 5.82 Å². The molecule has 0 aliphatic rings. The number of aromatic nitrogens is 2. The molecule has 0 saturated heterocycles. The number of nitrogens with zero attached hydrogens (tertiary/aromatic N) is 2. The van der Waals surface area contributed by atoms with Crippen molar-refractivity contribution in [3.63, 3.8) is 0 Å². The minimum atomic E-state index is -0.472. The third kappa shape index (κ3) is 2.97.